The maximum Gasteiger partial charge on any atom is 0.240 e. The van der Waals surface area contributed by atoms with Gasteiger partial charge in [-0.3, -0.25) is 9.59 Å². The van der Waals surface area contributed by atoms with Crippen LogP contribution in [0.2, 0.25) is 0 Å². The molecule has 7 nitrogen and oxygen atoms in total. The van der Waals surface area contributed by atoms with Gasteiger partial charge in [-0.2, -0.15) is 0 Å². The van der Waals surface area contributed by atoms with Gasteiger partial charge in [0.15, 0.2) is 0 Å². The quantitative estimate of drug-likeness (QED) is 0.775. The molecular formula is C20H23N3O4S. The van der Waals surface area contributed by atoms with Crippen molar-refractivity contribution < 1.29 is 18.0 Å². The normalized spacial score (nSPS) is 17.0. The van der Waals surface area contributed by atoms with Crippen LogP contribution in [0.25, 0.3) is 0 Å². The third-order valence-corrected chi connectivity index (χ3v) is 6.28. The number of hydrogen-bond acceptors (Lipinski definition) is 4. The lowest BCUT2D eigenvalue weighted by molar-refractivity contribution is -0.122. The summed E-state index contributed by atoms with van der Waals surface area (Å²) in [5, 5.41) is 2.76. The second-order valence-corrected chi connectivity index (χ2v) is 8.53. The molecule has 0 spiro atoms. The number of amides is 2. The Morgan fingerprint density at radius 3 is 2.32 bits per heavy atom. The summed E-state index contributed by atoms with van der Waals surface area (Å²) in [4.78, 5) is 26.7. The monoisotopic (exact) mass is 401 g/mol. The molecule has 0 saturated carbocycles. The van der Waals surface area contributed by atoms with Crippen LogP contribution in [0.1, 0.15) is 18.9 Å². The van der Waals surface area contributed by atoms with Gasteiger partial charge in [-0.25, -0.2) is 13.1 Å². The maximum absolute atomic E-state index is 12.6. The van der Waals surface area contributed by atoms with Crippen LogP contribution in [0.15, 0.2) is 53.4 Å². The first-order valence-electron chi connectivity index (χ1n) is 9.08. The van der Waals surface area contributed by atoms with Crippen molar-refractivity contribution in [3.05, 3.63) is 54.1 Å². The standard InChI is InChI=1S/C20H23N3O4S/c1-3-14-4-8-17(9-5-14)23-13-15(12-19(23)24)20(25)22-16-6-10-18(11-7-16)28(26,27)21-2/h4-11,15,21H,3,12-13H2,1-2H3,(H,22,25). The van der Waals surface area contributed by atoms with Gasteiger partial charge in [0, 0.05) is 24.3 Å². The Bertz CT molecular complexity index is 970. The van der Waals surface area contributed by atoms with Crippen molar-refractivity contribution in [3.8, 4) is 0 Å². The Hall–Kier alpha value is -2.71. The van der Waals surface area contributed by atoms with Crippen LogP contribution in [0.5, 0.6) is 0 Å². The van der Waals surface area contributed by atoms with Crippen molar-refractivity contribution >= 4 is 33.2 Å². The number of anilines is 2. The largest absolute Gasteiger partial charge is 0.326 e. The minimum absolute atomic E-state index is 0.0835. The highest BCUT2D eigenvalue weighted by atomic mass is 32.2. The number of rotatable bonds is 6. The lowest BCUT2D eigenvalue weighted by Crippen LogP contribution is -2.28. The van der Waals surface area contributed by atoms with Crippen LogP contribution in [0, 0.1) is 5.92 Å². The van der Waals surface area contributed by atoms with Crippen LogP contribution >= 0.6 is 0 Å². The highest BCUT2D eigenvalue weighted by Crippen LogP contribution is 2.26. The molecular weight excluding hydrogens is 378 g/mol. The fourth-order valence-electron chi connectivity index (χ4n) is 3.12. The lowest BCUT2D eigenvalue weighted by atomic mass is 10.1. The third kappa shape index (κ3) is 4.23. The molecule has 3 rings (SSSR count). The predicted octanol–water partition coefficient (Wildman–Crippen LogP) is 2.15. The number of carbonyl (C=O) groups is 2. The van der Waals surface area contributed by atoms with E-state index < -0.39 is 15.9 Å². The van der Waals surface area contributed by atoms with Gasteiger partial charge < -0.3 is 10.2 Å². The van der Waals surface area contributed by atoms with Crippen LogP contribution in [-0.4, -0.2) is 33.8 Å². The maximum atomic E-state index is 12.6. The number of benzene rings is 2. The highest BCUT2D eigenvalue weighted by Gasteiger charge is 2.35. The van der Waals surface area contributed by atoms with Gasteiger partial charge in [-0.05, 0) is 55.4 Å². The fraction of sp³-hybridized carbons (Fsp3) is 0.300. The zero-order chi connectivity index (χ0) is 20.3. The van der Waals surface area contributed by atoms with E-state index in [9.17, 15) is 18.0 Å². The molecule has 28 heavy (non-hydrogen) atoms. The van der Waals surface area contributed by atoms with Crippen molar-refractivity contribution in [3.63, 3.8) is 0 Å². The summed E-state index contributed by atoms with van der Waals surface area (Å²) < 4.78 is 25.7. The first kappa shape index (κ1) is 20.0. The van der Waals surface area contributed by atoms with Crippen molar-refractivity contribution in [2.45, 2.75) is 24.7 Å². The summed E-state index contributed by atoms with van der Waals surface area (Å²) in [6.07, 6.45) is 1.07. The molecule has 2 N–H and O–H groups in total. The van der Waals surface area contributed by atoms with Crippen molar-refractivity contribution in [2.24, 2.45) is 5.92 Å². The number of hydrogen-bond donors (Lipinski definition) is 2. The minimum atomic E-state index is -3.52. The zero-order valence-electron chi connectivity index (χ0n) is 15.8. The smallest absolute Gasteiger partial charge is 0.240 e. The molecule has 1 heterocycles. The average molecular weight is 401 g/mol. The van der Waals surface area contributed by atoms with Crippen LogP contribution < -0.4 is 14.9 Å². The Kier molecular flexibility index (Phi) is 5.81. The first-order valence-corrected chi connectivity index (χ1v) is 10.6. The zero-order valence-corrected chi connectivity index (χ0v) is 16.6. The number of nitrogens with zero attached hydrogens (tertiary/aromatic N) is 1. The van der Waals surface area contributed by atoms with E-state index in [0.717, 1.165) is 12.1 Å². The summed E-state index contributed by atoms with van der Waals surface area (Å²) in [6, 6.07) is 13.7. The van der Waals surface area contributed by atoms with Gasteiger partial charge in [0.05, 0.1) is 10.8 Å². The Morgan fingerprint density at radius 2 is 1.75 bits per heavy atom. The van der Waals surface area contributed by atoms with Gasteiger partial charge in [-0.15, -0.1) is 0 Å². The molecule has 1 atom stereocenters. The van der Waals surface area contributed by atoms with Gasteiger partial charge in [0.2, 0.25) is 21.8 Å². The van der Waals surface area contributed by atoms with E-state index in [1.807, 2.05) is 24.3 Å². The summed E-state index contributed by atoms with van der Waals surface area (Å²) >= 11 is 0. The Balaban J connectivity index is 1.66. The molecule has 0 aliphatic carbocycles. The molecule has 148 valence electrons. The molecule has 0 radical (unpaired) electrons. The van der Waals surface area contributed by atoms with Gasteiger partial charge >= 0.3 is 0 Å². The summed E-state index contributed by atoms with van der Waals surface area (Å²) in [6.45, 7) is 2.39. The number of aryl methyl sites for hydroxylation is 1. The molecule has 1 fully saturated rings. The second kappa shape index (κ2) is 8.12. The number of nitrogens with one attached hydrogen (secondary N) is 2. The van der Waals surface area contributed by atoms with E-state index >= 15 is 0 Å². The lowest BCUT2D eigenvalue weighted by Gasteiger charge is -2.17. The van der Waals surface area contributed by atoms with Gasteiger partial charge in [0.1, 0.15) is 0 Å². The highest BCUT2D eigenvalue weighted by molar-refractivity contribution is 7.89. The summed E-state index contributed by atoms with van der Waals surface area (Å²) in [5.41, 5.74) is 2.46. The molecule has 8 heteroatoms. The van der Waals surface area contributed by atoms with Gasteiger partial charge in [-0.1, -0.05) is 19.1 Å². The van der Waals surface area contributed by atoms with E-state index in [-0.39, 0.29) is 23.1 Å². The van der Waals surface area contributed by atoms with E-state index in [1.54, 1.807) is 4.90 Å². The fourth-order valence-corrected chi connectivity index (χ4v) is 3.85. The van der Waals surface area contributed by atoms with Crippen LogP contribution in [0.3, 0.4) is 0 Å². The molecule has 2 amide bonds. The molecule has 1 aliphatic rings. The molecule has 1 saturated heterocycles. The number of carbonyl (C=O) groups excluding carboxylic acids is 2. The Labute approximate surface area is 164 Å². The van der Waals surface area contributed by atoms with Crippen LogP contribution in [-0.2, 0) is 26.0 Å². The van der Waals surface area contributed by atoms with Gasteiger partial charge in [0.25, 0.3) is 0 Å². The second-order valence-electron chi connectivity index (χ2n) is 6.65. The average Bonchev–Trinajstić information content (AvgIpc) is 3.10. The Morgan fingerprint density at radius 1 is 1.11 bits per heavy atom. The van der Waals surface area contributed by atoms with Crippen LogP contribution in [0.4, 0.5) is 11.4 Å². The molecule has 2 aromatic rings. The minimum Gasteiger partial charge on any atom is -0.326 e. The molecule has 0 bridgehead atoms. The third-order valence-electron chi connectivity index (χ3n) is 4.85. The molecule has 2 aromatic carbocycles. The van der Waals surface area contributed by atoms with E-state index in [2.05, 4.69) is 17.0 Å². The summed E-state index contributed by atoms with van der Waals surface area (Å²) in [7, 11) is -2.19. The molecule has 1 unspecified atom stereocenters. The van der Waals surface area contributed by atoms with E-state index in [4.69, 9.17) is 0 Å². The van der Waals surface area contributed by atoms with E-state index in [1.165, 1.54) is 36.9 Å². The van der Waals surface area contributed by atoms with Crippen molar-refractivity contribution in [1.29, 1.82) is 0 Å². The number of sulfonamides is 1. The van der Waals surface area contributed by atoms with Crippen molar-refractivity contribution in [1.82, 2.24) is 4.72 Å². The van der Waals surface area contributed by atoms with Crippen molar-refractivity contribution in [2.75, 3.05) is 23.8 Å². The van der Waals surface area contributed by atoms with E-state index in [0.29, 0.717) is 12.2 Å². The molecule has 0 aromatic heterocycles. The topological polar surface area (TPSA) is 95.6 Å². The summed E-state index contributed by atoms with van der Waals surface area (Å²) in [5.74, 6) is -0.802. The first-order chi connectivity index (χ1) is 13.3. The molecule has 1 aliphatic heterocycles. The SMILES string of the molecule is CCc1ccc(N2CC(C(=O)Nc3ccc(S(=O)(=O)NC)cc3)CC2=O)cc1. The predicted molar refractivity (Wildman–Crippen MR) is 108 cm³/mol.